The third kappa shape index (κ3) is 45.1. The molecule has 596 valence electrons. The summed E-state index contributed by atoms with van der Waals surface area (Å²) in [6.07, 6.45) is 14.1. The van der Waals surface area contributed by atoms with Crippen LogP contribution in [0.1, 0.15) is 175 Å². The predicted molar refractivity (Wildman–Crippen MR) is 478 cm³/mol. The fourth-order valence-electron chi connectivity index (χ4n) is 12.9. The molecule has 5 aromatic rings. The number of phenolic OH excluding ortho intramolecular Hbond substituents is 1. The largest absolute Gasteiger partial charge is 0.508 e. The first-order chi connectivity index (χ1) is 51.0. The number of nitrogens with zero attached hydrogens (tertiary/aromatic N) is 5. The van der Waals surface area contributed by atoms with Gasteiger partial charge in [-0.1, -0.05) is 256 Å². The zero-order valence-corrected chi connectivity index (χ0v) is 74.0. The zero-order chi connectivity index (χ0) is 79.3. The van der Waals surface area contributed by atoms with Crippen molar-refractivity contribution in [3.63, 3.8) is 0 Å². The van der Waals surface area contributed by atoms with Crippen molar-refractivity contribution in [3.05, 3.63) is 155 Å². The number of ether oxygens (including phenoxy) is 3. The third-order valence-corrected chi connectivity index (χ3v) is 21.0. The van der Waals surface area contributed by atoms with E-state index in [-0.39, 0.29) is 12.2 Å². The summed E-state index contributed by atoms with van der Waals surface area (Å²) in [6, 6.07) is 49.6. The average molecular weight is 1570 g/mol. The van der Waals surface area contributed by atoms with Gasteiger partial charge in [-0.25, -0.2) is 0 Å². The van der Waals surface area contributed by atoms with Crippen LogP contribution in [0.5, 0.6) is 23.0 Å². The Balaban J connectivity index is 0. The van der Waals surface area contributed by atoms with Crippen molar-refractivity contribution in [3.8, 4) is 23.0 Å². The number of hydrogen-bond acceptors (Lipinski definition) is 11. The number of phenols is 1. The molecule has 11 nitrogen and oxygen atoms in total. The maximum absolute atomic E-state index is 9.36. The van der Waals surface area contributed by atoms with Crippen molar-refractivity contribution in [2.24, 2.45) is 29.6 Å². The molecule has 0 saturated carbocycles. The van der Waals surface area contributed by atoms with Crippen molar-refractivity contribution < 1.29 is 29.5 Å². The van der Waals surface area contributed by atoms with Crippen LogP contribution >= 0.6 is 22.6 Å². The highest BCUT2D eigenvalue weighted by Crippen LogP contribution is 2.34. The van der Waals surface area contributed by atoms with E-state index in [1.54, 1.807) is 24.3 Å². The van der Waals surface area contributed by atoms with Crippen LogP contribution in [0.15, 0.2) is 152 Å². The number of aromatic hydroxyl groups is 1. The monoisotopic (exact) mass is 1570 g/mol. The quantitative estimate of drug-likeness (QED) is 0.102. The summed E-state index contributed by atoms with van der Waals surface area (Å²) in [6.45, 7) is 71.1. The number of piperidine rings is 15. The first-order valence-electron chi connectivity index (χ1n) is 42.6. The molecule has 0 aliphatic carbocycles. The molecule has 0 radical (unpaired) electrons. The zero-order valence-electron chi connectivity index (χ0n) is 71.9. The number of hydrogen-bond donors (Lipinski definition) is 3. The lowest BCUT2D eigenvalue weighted by Crippen LogP contribution is -2.52. The predicted octanol–water partition coefficient (Wildman–Crippen LogP) is 21.7. The molecule has 0 spiro atoms. The summed E-state index contributed by atoms with van der Waals surface area (Å²) in [5.41, 5.74) is 0. The van der Waals surface area contributed by atoms with Crippen molar-refractivity contribution >= 4 is 49.0 Å². The molecule has 105 heavy (non-hydrogen) atoms. The van der Waals surface area contributed by atoms with E-state index in [1.165, 1.54) is 133 Å². The molecule has 0 amide bonds. The molecule has 15 aliphatic heterocycles. The van der Waals surface area contributed by atoms with Gasteiger partial charge < -0.3 is 39.3 Å². The lowest BCUT2D eigenvalue weighted by atomic mass is 9.12. The molecule has 20 rings (SSSR count). The highest BCUT2D eigenvalue weighted by atomic mass is 127. The Morgan fingerprint density at radius 1 is 0.276 bits per heavy atom. The molecule has 3 N–H and O–H groups in total. The minimum Gasteiger partial charge on any atom is -0.508 e. The van der Waals surface area contributed by atoms with Gasteiger partial charge in [-0.2, -0.15) is 0 Å². The molecular formula is C89H160B4IN5O6. The van der Waals surface area contributed by atoms with E-state index in [9.17, 15) is 10.2 Å². The number of benzene rings is 5. The maximum Gasteiger partial charge on any atom is 0.119 e. The van der Waals surface area contributed by atoms with Gasteiger partial charge >= 0.3 is 0 Å². The Hall–Kier alpha value is -3.99. The standard InChI is InChI=1S/3C13H17NO.2C7H13NO.C6H5I.C6H6O.2C4H12B2.8C2H6/c3*1-2-4-12(5-3-1)15-13-10-14-8-6-11(13)7-9-14;2*9-7-5-8-3-1-6(7)2-4-8;2*7-6-4-2-1-3-5-6;2*1-5(2)6(3)4;8*1-2/h3*1-5,11,13H,6-10H2;2*6-7,9H,1-5H2;1-5H;1-5,7H;2*1-4H3;8*1-2H3/t3*13-;2*7-;;;;;;;;;;;;/m00010............/s1. The van der Waals surface area contributed by atoms with Gasteiger partial charge in [0.25, 0.3) is 0 Å². The SMILES string of the molecule is CB(C)B(C)C.CB(C)B(C)C.CC.CC.CC.CC.CC.CC.CC.CC.Ic1ccccc1.O[C@@H]1CN2CCC1CC2.O[C@H]1CN2CCC1CC2.Oc1ccccc1.c1ccc(O[C@H]2CN3CCC2CC3)cc1.c1ccc(O[C@H]2CN3CCC2CC3)cc1.c1ccc(O[C@H]2CN3CCC2CC3)cc1. The fraction of sp³-hybridized carbons (Fsp3) is 0.663. The van der Waals surface area contributed by atoms with E-state index in [0.717, 1.165) is 94.1 Å². The van der Waals surface area contributed by atoms with E-state index >= 15 is 0 Å². The highest BCUT2D eigenvalue weighted by Gasteiger charge is 2.38. The fourth-order valence-corrected chi connectivity index (χ4v) is 13.3. The van der Waals surface area contributed by atoms with Crippen molar-refractivity contribution in [2.75, 3.05) is 98.2 Å². The molecule has 15 saturated heterocycles. The summed E-state index contributed by atoms with van der Waals surface area (Å²) in [4.78, 5) is 12.3. The molecule has 5 atom stereocenters. The summed E-state index contributed by atoms with van der Waals surface area (Å²) in [5, 5.41) is 27.3. The topological polar surface area (TPSA) is 105 Å². The minimum absolute atomic E-state index is 0.00694. The molecule has 15 heterocycles. The summed E-state index contributed by atoms with van der Waals surface area (Å²) in [5.74, 6) is 7.02. The maximum atomic E-state index is 9.36. The lowest BCUT2D eigenvalue weighted by Gasteiger charge is -2.44. The van der Waals surface area contributed by atoms with Crippen LogP contribution in [-0.2, 0) is 0 Å². The number of aliphatic hydroxyl groups is 2. The van der Waals surface area contributed by atoms with Crippen LogP contribution < -0.4 is 14.2 Å². The first kappa shape index (κ1) is 103. The molecule has 16 heteroatoms. The van der Waals surface area contributed by atoms with Gasteiger partial charge in [-0.3, -0.25) is 14.7 Å². The number of rotatable bonds is 8. The van der Waals surface area contributed by atoms with Crippen LogP contribution in [0.2, 0.25) is 54.6 Å². The molecule has 0 aromatic heterocycles. The second-order valence-electron chi connectivity index (χ2n) is 27.8. The minimum atomic E-state index is -0.00694. The van der Waals surface area contributed by atoms with E-state index in [4.69, 9.17) is 19.3 Å². The van der Waals surface area contributed by atoms with Gasteiger partial charge in [0.2, 0.25) is 0 Å². The molecule has 15 aliphatic rings. The summed E-state index contributed by atoms with van der Waals surface area (Å²) >= 11 is 2.28. The Kier molecular flexibility index (Phi) is 65.7. The van der Waals surface area contributed by atoms with Gasteiger partial charge in [0, 0.05) is 36.3 Å². The number of aliphatic hydroxyl groups excluding tert-OH is 2. The van der Waals surface area contributed by atoms with E-state index in [2.05, 4.69) is 150 Å². The lowest BCUT2D eigenvalue weighted by molar-refractivity contribution is -0.0228. The molecule has 0 unspecified atom stereocenters. The molecule has 10 bridgehead atoms. The number of fused-ring (bicyclic) bond motifs is 15. The van der Waals surface area contributed by atoms with Crippen LogP contribution in [0.4, 0.5) is 0 Å². The molecule has 15 fully saturated rings. The average Bonchev–Trinajstić information content (AvgIpc) is 0.840. The Morgan fingerprint density at radius 2 is 0.457 bits per heavy atom. The van der Waals surface area contributed by atoms with Gasteiger partial charge in [0.1, 0.15) is 67.7 Å². The van der Waals surface area contributed by atoms with Gasteiger partial charge in [0.15, 0.2) is 0 Å². The van der Waals surface area contributed by atoms with Gasteiger partial charge in [-0.15, -0.1) is 0 Å². The first-order valence-corrected chi connectivity index (χ1v) is 43.7. The van der Waals surface area contributed by atoms with Crippen LogP contribution in [-0.4, -0.2) is 195 Å². The normalized spacial score (nSPS) is 25.6. The Morgan fingerprint density at radius 3 is 0.571 bits per heavy atom. The van der Waals surface area contributed by atoms with E-state index in [0.29, 0.717) is 35.9 Å². The van der Waals surface area contributed by atoms with E-state index < -0.39 is 0 Å². The Labute approximate surface area is 664 Å². The van der Waals surface area contributed by atoms with Crippen LogP contribution in [0, 0.1) is 33.2 Å². The number of para-hydroxylation sites is 4. The second-order valence-corrected chi connectivity index (χ2v) is 29.1. The molecule has 5 aromatic carbocycles. The highest BCUT2D eigenvalue weighted by molar-refractivity contribution is 14.1. The van der Waals surface area contributed by atoms with Crippen LogP contribution in [0.3, 0.4) is 0 Å². The van der Waals surface area contributed by atoms with Crippen molar-refractivity contribution in [1.82, 2.24) is 24.5 Å². The Bertz CT molecular complexity index is 2330. The summed E-state index contributed by atoms with van der Waals surface area (Å²) in [7, 11) is 0. The molecular weight excluding hydrogens is 1410 g/mol. The van der Waals surface area contributed by atoms with E-state index in [1.807, 2.05) is 190 Å². The van der Waals surface area contributed by atoms with Gasteiger partial charge in [0.05, 0.1) is 12.2 Å². The smallest absolute Gasteiger partial charge is 0.119 e. The third-order valence-electron chi connectivity index (χ3n) is 20.3. The van der Waals surface area contributed by atoms with Gasteiger partial charge in [-0.05, 0) is 242 Å². The van der Waals surface area contributed by atoms with Crippen LogP contribution in [0.25, 0.3) is 0 Å². The van der Waals surface area contributed by atoms with Crippen molar-refractivity contribution in [1.29, 1.82) is 0 Å². The second kappa shape index (κ2) is 67.0. The number of halogens is 1. The van der Waals surface area contributed by atoms with Crippen molar-refractivity contribution in [2.45, 2.75) is 260 Å². The summed E-state index contributed by atoms with van der Waals surface area (Å²) < 4.78 is 19.4.